The third-order valence-electron chi connectivity index (χ3n) is 5.34. The predicted octanol–water partition coefficient (Wildman–Crippen LogP) is 1.79. The third-order valence-corrected chi connectivity index (χ3v) is 5.34. The Hall–Kier alpha value is -2.52. The number of amides is 1. The summed E-state index contributed by atoms with van der Waals surface area (Å²) in [6.45, 7) is 5.06. The van der Waals surface area contributed by atoms with Crippen LogP contribution in [-0.4, -0.2) is 70.9 Å². The van der Waals surface area contributed by atoms with Gasteiger partial charge in [-0.2, -0.15) is 0 Å². The van der Waals surface area contributed by atoms with Crippen molar-refractivity contribution in [3.8, 4) is 5.75 Å². The average Bonchev–Trinajstić information content (AvgIpc) is 3.14. The summed E-state index contributed by atoms with van der Waals surface area (Å²) in [5, 5.41) is 7.91. The summed E-state index contributed by atoms with van der Waals surface area (Å²) < 4.78 is 29.8. The Labute approximate surface area is 168 Å². The van der Waals surface area contributed by atoms with Crippen molar-refractivity contribution in [2.45, 2.75) is 38.5 Å². The second-order valence-electron chi connectivity index (χ2n) is 7.47. The van der Waals surface area contributed by atoms with Crippen molar-refractivity contribution in [3.05, 3.63) is 41.9 Å². The van der Waals surface area contributed by atoms with Gasteiger partial charge in [0.25, 0.3) is 0 Å². The molecule has 1 aromatic heterocycles. The number of carbonyl (C=O) groups excluding carboxylic acids is 1. The van der Waals surface area contributed by atoms with E-state index < -0.39 is 0 Å². The second-order valence-corrected chi connectivity index (χ2v) is 7.47. The maximum atomic E-state index is 13.0. The number of carbonyl (C=O) groups is 1. The Morgan fingerprint density at radius 3 is 2.66 bits per heavy atom. The molecule has 29 heavy (non-hydrogen) atoms. The molecule has 0 spiro atoms. The third kappa shape index (κ3) is 5.10. The normalized spacial score (nSPS) is 21.5. The first-order valence-electron chi connectivity index (χ1n) is 9.87. The Morgan fingerprint density at radius 2 is 1.97 bits per heavy atom. The number of hydrogen-bond acceptors (Lipinski definition) is 7. The lowest BCUT2D eigenvalue weighted by atomic mass is 10.0. The van der Waals surface area contributed by atoms with Crippen LogP contribution in [0, 0.1) is 12.7 Å². The Balaban J connectivity index is 1.26. The fourth-order valence-corrected chi connectivity index (χ4v) is 3.80. The molecule has 4 rings (SSSR count). The second kappa shape index (κ2) is 8.87. The Bertz CT molecular complexity index is 820. The highest BCUT2D eigenvalue weighted by molar-refractivity contribution is 5.78. The highest BCUT2D eigenvalue weighted by Gasteiger charge is 2.34. The van der Waals surface area contributed by atoms with Crippen molar-refractivity contribution in [2.75, 3.05) is 32.8 Å². The molecule has 1 unspecified atom stereocenters. The number of hydrogen-bond donors (Lipinski definition) is 0. The number of benzene rings is 1. The van der Waals surface area contributed by atoms with Crippen molar-refractivity contribution in [1.29, 1.82) is 0 Å². The van der Waals surface area contributed by atoms with Crippen LogP contribution in [0.25, 0.3) is 0 Å². The molecule has 0 saturated carbocycles. The van der Waals surface area contributed by atoms with Gasteiger partial charge in [0, 0.05) is 26.1 Å². The zero-order chi connectivity index (χ0) is 20.2. The molecule has 0 bridgehead atoms. The van der Waals surface area contributed by atoms with Crippen LogP contribution in [0.2, 0.25) is 0 Å². The van der Waals surface area contributed by atoms with Crippen molar-refractivity contribution in [3.63, 3.8) is 0 Å². The zero-order valence-electron chi connectivity index (χ0n) is 16.4. The fraction of sp³-hybridized carbons (Fsp3) is 0.550. The van der Waals surface area contributed by atoms with Crippen molar-refractivity contribution in [2.24, 2.45) is 0 Å². The molecule has 1 amide bonds. The van der Waals surface area contributed by atoms with Gasteiger partial charge in [-0.15, -0.1) is 10.2 Å². The van der Waals surface area contributed by atoms with E-state index in [1.807, 2.05) is 4.90 Å². The van der Waals surface area contributed by atoms with E-state index in [9.17, 15) is 9.18 Å². The molecule has 0 radical (unpaired) electrons. The maximum absolute atomic E-state index is 13.0. The fourth-order valence-electron chi connectivity index (χ4n) is 3.80. The lowest BCUT2D eigenvalue weighted by molar-refractivity contribution is -0.155. The molecule has 2 aliphatic heterocycles. The molecular formula is C20H25FN4O4. The number of piperidine rings is 1. The van der Waals surface area contributed by atoms with Crippen LogP contribution in [0.1, 0.15) is 24.6 Å². The summed E-state index contributed by atoms with van der Waals surface area (Å²) in [4.78, 5) is 16.6. The smallest absolute Gasteiger partial charge is 0.248 e. The van der Waals surface area contributed by atoms with E-state index >= 15 is 0 Å². The van der Waals surface area contributed by atoms with Crippen LogP contribution in [0.3, 0.4) is 0 Å². The van der Waals surface area contributed by atoms with E-state index in [0.29, 0.717) is 37.2 Å². The van der Waals surface area contributed by atoms with E-state index in [4.69, 9.17) is 13.9 Å². The van der Waals surface area contributed by atoms with Crippen LogP contribution >= 0.6 is 0 Å². The first kappa shape index (κ1) is 19.8. The van der Waals surface area contributed by atoms with Crippen LogP contribution in [0.15, 0.2) is 28.7 Å². The minimum atomic E-state index is -0.302. The summed E-state index contributed by atoms with van der Waals surface area (Å²) in [6, 6.07) is 6.08. The number of aryl methyl sites for hydroxylation is 1. The predicted molar refractivity (Wildman–Crippen MR) is 101 cm³/mol. The molecule has 3 heterocycles. The number of nitrogens with zero attached hydrogens (tertiary/aromatic N) is 4. The summed E-state index contributed by atoms with van der Waals surface area (Å²) in [6.07, 6.45) is 1.59. The molecule has 2 fully saturated rings. The largest absolute Gasteiger partial charge is 0.491 e. The highest BCUT2D eigenvalue weighted by Crippen LogP contribution is 2.22. The van der Waals surface area contributed by atoms with E-state index in [1.54, 1.807) is 19.1 Å². The van der Waals surface area contributed by atoms with Gasteiger partial charge in [-0.25, -0.2) is 4.39 Å². The van der Waals surface area contributed by atoms with E-state index in [1.165, 1.54) is 12.1 Å². The summed E-state index contributed by atoms with van der Waals surface area (Å²) in [7, 11) is 0. The molecule has 9 heteroatoms. The van der Waals surface area contributed by atoms with Gasteiger partial charge in [-0.3, -0.25) is 9.69 Å². The average molecular weight is 404 g/mol. The zero-order valence-corrected chi connectivity index (χ0v) is 16.4. The molecule has 8 nitrogen and oxygen atoms in total. The van der Waals surface area contributed by atoms with Gasteiger partial charge in [0.2, 0.25) is 17.7 Å². The lowest BCUT2D eigenvalue weighted by Gasteiger charge is -2.41. The van der Waals surface area contributed by atoms with Gasteiger partial charge >= 0.3 is 0 Å². The SMILES string of the molecule is Cc1nnc(CN2CCC(N3CC(COc4ccc(F)cc4)OCC3=O)CC2)o1. The number of morpholine rings is 1. The van der Waals surface area contributed by atoms with Crippen LogP contribution in [0.5, 0.6) is 5.75 Å². The first-order chi connectivity index (χ1) is 14.1. The van der Waals surface area contributed by atoms with Gasteiger partial charge in [-0.05, 0) is 37.1 Å². The van der Waals surface area contributed by atoms with Crippen LogP contribution in [0.4, 0.5) is 4.39 Å². The molecule has 2 aromatic rings. The summed E-state index contributed by atoms with van der Waals surface area (Å²) in [5.41, 5.74) is 0. The standard InChI is InChI=1S/C20H25FN4O4/c1-14-22-23-19(29-14)11-24-8-6-16(7-9-24)25-10-18(28-13-20(25)26)12-27-17-4-2-15(21)3-5-17/h2-5,16,18H,6-13H2,1H3. The minimum Gasteiger partial charge on any atom is -0.491 e. The molecular weight excluding hydrogens is 379 g/mol. The van der Waals surface area contributed by atoms with Crippen LogP contribution < -0.4 is 4.74 Å². The molecule has 2 aliphatic rings. The lowest BCUT2D eigenvalue weighted by Crippen LogP contribution is -2.55. The Kier molecular flexibility index (Phi) is 6.05. The quantitative estimate of drug-likeness (QED) is 0.726. The van der Waals surface area contributed by atoms with Gasteiger partial charge in [-0.1, -0.05) is 0 Å². The molecule has 156 valence electrons. The molecule has 2 saturated heterocycles. The van der Waals surface area contributed by atoms with Crippen molar-refractivity contribution in [1.82, 2.24) is 20.0 Å². The van der Waals surface area contributed by atoms with Crippen molar-refractivity contribution >= 4 is 5.91 Å². The number of rotatable bonds is 6. The van der Waals surface area contributed by atoms with E-state index in [-0.39, 0.29) is 30.5 Å². The van der Waals surface area contributed by atoms with Crippen molar-refractivity contribution < 1.29 is 23.1 Å². The monoisotopic (exact) mass is 404 g/mol. The number of halogens is 1. The number of likely N-dealkylation sites (tertiary alicyclic amines) is 1. The number of ether oxygens (including phenoxy) is 2. The van der Waals surface area contributed by atoms with E-state index in [0.717, 1.165) is 25.9 Å². The Morgan fingerprint density at radius 1 is 1.21 bits per heavy atom. The highest BCUT2D eigenvalue weighted by atomic mass is 19.1. The minimum absolute atomic E-state index is 0.0222. The van der Waals surface area contributed by atoms with Gasteiger partial charge < -0.3 is 18.8 Å². The molecule has 0 aliphatic carbocycles. The molecule has 1 atom stereocenters. The molecule has 1 aromatic carbocycles. The number of aromatic nitrogens is 2. The van der Waals surface area contributed by atoms with E-state index in [2.05, 4.69) is 15.1 Å². The molecule has 0 N–H and O–H groups in total. The van der Waals surface area contributed by atoms with Gasteiger partial charge in [0.05, 0.1) is 13.1 Å². The summed E-state index contributed by atoms with van der Waals surface area (Å²) >= 11 is 0. The van der Waals surface area contributed by atoms with Gasteiger partial charge in [0.1, 0.15) is 30.9 Å². The topological polar surface area (TPSA) is 80.9 Å². The van der Waals surface area contributed by atoms with Crippen LogP contribution in [-0.2, 0) is 16.1 Å². The maximum Gasteiger partial charge on any atom is 0.248 e. The first-order valence-corrected chi connectivity index (χ1v) is 9.87. The van der Waals surface area contributed by atoms with Gasteiger partial charge in [0.15, 0.2) is 0 Å². The summed E-state index contributed by atoms with van der Waals surface area (Å²) in [5.74, 6) is 1.50.